The van der Waals surface area contributed by atoms with Crippen LogP contribution in [0.15, 0.2) is 0 Å². The zero-order chi connectivity index (χ0) is 15.5. The van der Waals surface area contributed by atoms with Crippen LogP contribution in [-0.2, 0) is 4.74 Å². The number of hydrogen-bond donors (Lipinski definition) is 1. The van der Waals surface area contributed by atoms with Gasteiger partial charge < -0.3 is 10.1 Å². The van der Waals surface area contributed by atoms with E-state index in [0.717, 1.165) is 26.2 Å². The Labute approximate surface area is 131 Å². The minimum Gasteiger partial charge on any atom is -0.377 e. The third-order valence-electron chi connectivity index (χ3n) is 5.81. The number of ether oxygens (including phenoxy) is 1. The number of nitrogens with zero attached hydrogens (tertiary/aromatic N) is 1. The maximum atomic E-state index is 6.02. The summed E-state index contributed by atoms with van der Waals surface area (Å²) in [5, 5.41) is 3.84. The van der Waals surface area contributed by atoms with Gasteiger partial charge in [-0.05, 0) is 37.5 Å². The standard InChI is InChI=1S/C18H36N2O/c1-6-18(7-2)14-19-16(17(3,4)5)13-20(18)12-15-10-8-9-11-21-15/h15-16,19H,6-14H2,1-5H3. The molecule has 3 nitrogen and oxygen atoms in total. The molecule has 2 heterocycles. The topological polar surface area (TPSA) is 24.5 Å². The van der Waals surface area contributed by atoms with Crippen LogP contribution in [0.3, 0.4) is 0 Å². The molecular formula is C18H36N2O. The van der Waals surface area contributed by atoms with Crippen LogP contribution in [-0.4, -0.2) is 48.8 Å². The van der Waals surface area contributed by atoms with Crippen molar-refractivity contribution in [1.82, 2.24) is 10.2 Å². The molecule has 0 amide bonds. The maximum Gasteiger partial charge on any atom is 0.0702 e. The fraction of sp³-hybridized carbons (Fsp3) is 1.00. The molecule has 124 valence electrons. The number of nitrogens with one attached hydrogen (secondary N) is 1. The van der Waals surface area contributed by atoms with Crippen molar-refractivity contribution in [2.75, 3.05) is 26.2 Å². The molecule has 2 atom stereocenters. The molecule has 0 radical (unpaired) electrons. The fourth-order valence-electron chi connectivity index (χ4n) is 3.90. The Morgan fingerprint density at radius 1 is 1.19 bits per heavy atom. The average molecular weight is 296 g/mol. The average Bonchev–Trinajstić information content (AvgIpc) is 2.47. The van der Waals surface area contributed by atoms with Crippen LogP contribution < -0.4 is 5.32 Å². The summed E-state index contributed by atoms with van der Waals surface area (Å²) < 4.78 is 6.02. The highest BCUT2D eigenvalue weighted by atomic mass is 16.5. The normalized spacial score (nSPS) is 31.3. The second-order valence-corrected chi connectivity index (χ2v) is 8.12. The summed E-state index contributed by atoms with van der Waals surface area (Å²) >= 11 is 0. The van der Waals surface area contributed by atoms with Crippen molar-refractivity contribution < 1.29 is 4.74 Å². The highest BCUT2D eigenvalue weighted by Gasteiger charge is 2.42. The van der Waals surface area contributed by atoms with E-state index in [-0.39, 0.29) is 0 Å². The molecule has 0 aromatic heterocycles. The van der Waals surface area contributed by atoms with Crippen LogP contribution >= 0.6 is 0 Å². The molecule has 1 N–H and O–H groups in total. The molecule has 2 aliphatic rings. The van der Waals surface area contributed by atoms with Gasteiger partial charge in [-0.2, -0.15) is 0 Å². The van der Waals surface area contributed by atoms with E-state index in [2.05, 4.69) is 44.8 Å². The summed E-state index contributed by atoms with van der Waals surface area (Å²) in [4.78, 5) is 2.76. The van der Waals surface area contributed by atoms with Crippen LogP contribution in [0.1, 0.15) is 66.7 Å². The van der Waals surface area contributed by atoms with Crippen molar-refractivity contribution in [1.29, 1.82) is 0 Å². The Kier molecular flexibility index (Phi) is 5.72. The molecule has 2 fully saturated rings. The second-order valence-electron chi connectivity index (χ2n) is 8.12. The summed E-state index contributed by atoms with van der Waals surface area (Å²) in [7, 11) is 0. The zero-order valence-corrected chi connectivity index (χ0v) is 14.9. The molecular weight excluding hydrogens is 260 g/mol. The predicted molar refractivity (Wildman–Crippen MR) is 89.7 cm³/mol. The van der Waals surface area contributed by atoms with E-state index in [4.69, 9.17) is 4.74 Å². The third kappa shape index (κ3) is 4.00. The van der Waals surface area contributed by atoms with Crippen molar-refractivity contribution in [2.45, 2.75) is 84.4 Å². The first-order valence-corrected chi connectivity index (χ1v) is 9.01. The van der Waals surface area contributed by atoms with Gasteiger partial charge in [0.05, 0.1) is 6.10 Å². The molecule has 21 heavy (non-hydrogen) atoms. The predicted octanol–water partition coefficient (Wildman–Crippen LogP) is 3.43. The highest BCUT2D eigenvalue weighted by molar-refractivity contribution is 5.01. The van der Waals surface area contributed by atoms with E-state index in [1.165, 1.54) is 32.1 Å². The Hall–Kier alpha value is -0.120. The van der Waals surface area contributed by atoms with Gasteiger partial charge in [-0.1, -0.05) is 34.6 Å². The molecule has 0 saturated carbocycles. The van der Waals surface area contributed by atoms with Crippen molar-refractivity contribution >= 4 is 0 Å². The molecule has 2 unspecified atom stereocenters. The SMILES string of the molecule is CCC1(CC)CNC(C(C)(C)C)CN1CC1CCCCO1. The summed E-state index contributed by atoms with van der Waals surface area (Å²) in [5.41, 5.74) is 0.641. The first-order valence-electron chi connectivity index (χ1n) is 9.01. The number of hydrogen-bond acceptors (Lipinski definition) is 3. The Morgan fingerprint density at radius 2 is 1.90 bits per heavy atom. The van der Waals surface area contributed by atoms with E-state index in [0.29, 0.717) is 23.1 Å². The van der Waals surface area contributed by atoms with Crippen molar-refractivity contribution in [2.24, 2.45) is 5.41 Å². The highest BCUT2D eigenvalue weighted by Crippen LogP contribution is 2.32. The quantitative estimate of drug-likeness (QED) is 0.860. The monoisotopic (exact) mass is 296 g/mol. The Morgan fingerprint density at radius 3 is 2.43 bits per heavy atom. The van der Waals surface area contributed by atoms with Crippen LogP contribution in [0, 0.1) is 5.41 Å². The molecule has 0 spiro atoms. The van der Waals surface area contributed by atoms with E-state index >= 15 is 0 Å². The van der Waals surface area contributed by atoms with Gasteiger partial charge in [-0.25, -0.2) is 0 Å². The second kappa shape index (κ2) is 6.97. The van der Waals surface area contributed by atoms with Crippen LogP contribution in [0.25, 0.3) is 0 Å². The van der Waals surface area contributed by atoms with Gasteiger partial charge in [0.2, 0.25) is 0 Å². The third-order valence-corrected chi connectivity index (χ3v) is 5.81. The van der Waals surface area contributed by atoms with Crippen molar-refractivity contribution in [3.63, 3.8) is 0 Å². The molecule has 3 heteroatoms. The lowest BCUT2D eigenvalue weighted by molar-refractivity contribution is -0.0568. The lowest BCUT2D eigenvalue weighted by Crippen LogP contribution is -2.67. The Balaban J connectivity index is 2.08. The van der Waals surface area contributed by atoms with E-state index < -0.39 is 0 Å². The fourth-order valence-corrected chi connectivity index (χ4v) is 3.90. The molecule has 2 saturated heterocycles. The molecule has 0 aromatic rings. The molecule has 0 bridgehead atoms. The lowest BCUT2D eigenvalue weighted by Gasteiger charge is -2.53. The lowest BCUT2D eigenvalue weighted by atomic mass is 9.80. The molecule has 2 rings (SSSR count). The van der Waals surface area contributed by atoms with Gasteiger partial charge in [-0.15, -0.1) is 0 Å². The van der Waals surface area contributed by atoms with Crippen LogP contribution in [0.5, 0.6) is 0 Å². The first-order chi connectivity index (χ1) is 9.91. The van der Waals surface area contributed by atoms with Gasteiger partial charge in [0.15, 0.2) is 0 Å². The maximum absolute atomic E-state index is 6.02. The molecule has 0 aromatic carbocycles. The first kappa shape index (κ1) is 17.2. The smallest absolute Gasteiger partial charge is 0.0702 e. The van der Waals surface area contributed by atoms with Gasteiger partial charge >= 0.3 is 0 Å². The van der Waals surface area contributed by atoms with Crippen molar-refractivity contribution in [3.05, 3.63) is 0 Å². The van der Waals surface area contributed by atoms with Gasteiger partial charge in [-0.3, -0.25) is 4.90 Å². The van der Waals surface area contributed by atoms with Gasteiger partial charge in [0.25, 0.3) is 0 Å². The van der Waals surface area contributed by atoms with Gasteiger partial charge in [0, 0.05) is 37.8 Å². The molecule has 0 aliphatic carbocycles. The van der Waals surface area contributed by atoms with E-state index in [9.17, 15) is 0 Å². The summed E-state index contributed by atoms with van der Waals surface area (Å²) in [6.45, 7) is 16.1. The number of piperazine rings is 1. The summed E-state index contributed by atoms with van der Waals surface area (Å²) in [6, 6.07) is 0.576. The summed E-state index contributed by atoms with van der Waals surface area (Å²) in [5.74, 6) is 0. The summed E-state index contributed by atoms with van der Waals surface area (Å²) in [6.07, 6.45) is 6.73. The molecule has 2 aliphatic heterocycles. The van der Waals surface area contributed by atoms with Crippen LogP contribution in [0.4, 0.5) is 0 Å². The minimum absolute atomic E-state index is 0.319. The van der Waals surface area contributed by atoms with E-state index in [1.54, 1.807) is 0 Å². The van der Waals surface area contributed by atoms with Crippen LogP contribution in [0.2, 0.25) is 0 Å². The van der Waals surface area contributed by atoms with Crippen molar-refractivity contribution in [3.8, 4) is 0 Å². The van der Waals surface area contributed by atoms with Gasteiger partial charge in [0.1, 0.15) is 0 Å². The number of rotatable bonds is 4. The zero-order valence-electron chi connectivity index (χ0n) is 14.9. The Bertz CT molecular complexity index is 314. The van der Waals surface area contributed by atoms with E-state index in [1.807, 2.05) is 0 Å². The largest absolute Gasteiger partial charge is 0.377 e. The minimum atomic E-state index is 0.319.